The van der Waals surface area contributed by atoms with Crippen LogP contribution >= 0.6 is 15.9 Å². The molecule has 92 valence electrons. The topological polar surface area (TPSA) is 29.9 Å². The first-order valence-electron chi connectivity index (χ1n) is 5.70. The lowest BCUT2D eigenvalue weighted by Crippen LogP contribution is -2.21. The molecule has 3 nitrogen and oxygen atoms in total. The second-order valence-electron chi connectivity index (χ2n) is 5.46. The molecule has 1 aromatic heterocycles. The van der Waals surface area contributed by atoms with Crippen molar-refractivity contribution in [3.63, 3.8) is 0 Å². The van der Waals surface area contributed by atoms with Crippen molar-refractivity contribution < 1.29 is 0 Å². The van der Waals surface area contributed by atoms with Crippen LogP contribution < -0.4 is 5.32 Å². The molecular weight excluding hydrogens is 266 g/mol. The summed E-state index contributed by atoms with van der Waals surface area (Å²) in [6.45, 7) is 10.7. The van der Waals surface area contributed by atoms with Crippen molar-refractivity contribution in [3.05, 3.63) is 15.9 Å². The fourth-order valence-electron chi connectivity index (χ4n) is 1.54. The van der Waals surface area contributed by atoms with Gasteiger partial charge in [0.15, 0.2) is 0 Å². The van der Waals surface area contributed by atoms with E-state index in [4.69, 9.17) is 0 Å². The number of hydrogen-bond acceptors (Lipinski definition) is 2. The molecule has 1 heterocycles. The van der Waals surface area contributed by atoms with E-state index in [1.54, 1.807) is 0 Å². The second-order valence-corrected chi connectivity index (χ2v) is 6.25. The van der Waals surface area contributed by atoms with Crippen LogP contribution in [0.2, 0.25) is 0 Å². The predicted molar refractivity (Wildman–Crippen MR) is 71.4 cm³/mol. The summed E-state index contributed by atoms with van der Waals surface area (Å²) in [6, 6.07) is 0. The van der Waals surface area contributed by atoms with Crippen molar-refractivity contribution in [3.8, 4) is 0 Å². The van der Waals surface area contributed by atoms with Gasteiger partial charge < -0.3 is 5.32 Å². The molecule has 0 aliphatic carbocycles. The van der Waals surface area contributed by atoms with Gasteiger partial charge in [-0.3, -0.25) is 4.68 Å². The Morgan fingerprint density at radius 1 is 1.38 bits per heavy atom. The number of aryl methyl sites for hydroxylation is 2. The number of aromatic nitrogens is 2. The first-order chi connectivity index (χ1) is 7.31. The van der Waals surface area contributed by atoms with Gasteiger partial charge in [0.2, 0.25) is 0 Å². The molecule has 0 unspecified atom stereocenters. The lowest BCUT2D eigenvalue weighted by atomic mass is 9.92. The predicted octanol–water partition coefficient (Wildman–Crippen LogP) is 3.02. The highest BCUT2D eigenvalue weighted by atomic mass is 79.9. The minimum atomic E-state index is 0.395. The van der Waals surface area contributed by atoms with Gasteiger partial charge in [-0.15, -0.1) is 0 Å². The molecule has 1 rings (SSSR count). The standard InChI is InChI=1S/C12H22BrN3/c1-9-11(13)10(16(5)15-9)8-14-7-6-12(2,3)4/h14H,6-8H2,1-5H3. The summed E-state index contributed by atoms with van der Waals surface area (Å²) in [5.41, 5.74) is 2.66. The summed E-state index contributed by atoms with van der Waals surface area (Å²) in [5, 5.41) is 7.83. The third-order valence-corrected chi connectivity index (χ3v) is 3.64. The van der Waals surface area contributed by atoms with Gasteiger partial charge in [-0.25, -0.2) is 0 Å². The lowest BCUT2D eigenvalue weighted by Gasteiger charge is -2.18. The summed E-state index contributed by atoms with van der Waals surface area (Å²) in [5.74, 6) is 0. The van der Waals surface area contributed by atoms with Crippen LogP contribution in [0.25, 0.3) is 0 Å². The van der Waals surface area contributed by atoms with Gasteiger partial charge in [0, 0.05) is 13.6 Å². The number of rotatable bonds is 4. The molecule has 0 aliphatic rings. The maximum Gasteiger partial charge on any atom is 0.0739 e. The molecule has 0 spiro atoms. The van der Waals surface area contributed by atoms with E-state index >= 15 is 0 Å². The first kappa shape index (κ1) is 13.7. The second kappa shape index (κ2) is 5.32. The van der Waals surface area contributed by atoms with E-state index in [0.717, 1.165) is 23.3 Å². The number of nitrogens with zero attached hydrogens (tertiary/aromatic N) is 2. The average Bonchev–Trinajstić information content (AvgIpc) is 2.36. The molecule has 0 amide bonds. The van der Waals surface area contributed by atoms with E-state index < -0.39 is 0 Å². The summed E-state index contributed by atoms with van der Waals surface area (Å²) >= 11 is 3.57. The van der Waals surface area contributed by atoms with Gasteiger partial charge in [-0.05, 0) is 41.2 Å². The Morgan fingerprint density at radius 3 is 2.44 bits per heavy atom. The molecule has 0 fully saturated rings. The van der Waals surface area contributed by atoms with Crippen LogP contribution in [0.15, 0.2) is 4.47 Å². The van der Waals surface area contributed by atoms with Gasteiger partial charge in [-0.2, -0.15) is 5.10 Å². The molecule has 4 heteroatoms. The molecule has 0 bridgehead atoms. The Labute approximate surface area is 107 Å². The number of halogens is 1. The molecule has 0 radical (unpaired) electrons. The normalized spacial score (nSPS) is 12.1. The molecule has 1 N–H and O–H groups in total. The Kier molecular flexibility index (Phi) is 4.56. The molecule has 0 atom stereocenters. The summed E-state index contributed by atoms with van der Waals surface area (Å²) in [4.78, 5) is 0. The van der Waals surface area contributed by atoms with Gasteiger partial charge in [0.25, 0.3) is 0 Å². The van der Waals surface area contributed by atoms with Crippen molar-refractivity contribution in [2.24, 2.45) is 12.5 Å². The smallest absolute Gasteiger partial charge is 0.0739 e. The first-order valence-corrected chi connectivity index (χ1v) is 6.49. The van der Waals surface area contributed by atoms with Gasteiger partial charge in [0.05, 0.1) is 15.9 Å². The van der Waals surface area contributed by atoms with Crippen LogP contribution in [-0.4, -0.2) is 16.3 Å². The average molecular weight is 288 g/mol. The van der Waals surface area contributed by atoms with Crippen molar-refractivity contribution in [1.29, 1.82) is 0 Å². The fourth-order valence-corrected chi connectivity index (χ4v) is 2.02. The fraction of sp³-hybridized carbons (Fsp3) is 0.750. The van der Waals surface area contributed by atoms with Crippen LogP contribution in [0.1, 0.15) is 38.6 Å². The van der Waals surface area contributed by atoms with E-state index in [9.17, 15) is 0 Å². The lowest BCUT2D eigenvalue weighted by molar-refractivity contribution is 0.365. The van der Waals surface area contributed by atoms with Gasteiger partial charge >= 0.3 is 0 Å². The van der Waals surface area contributed by atoms with Crippen LogP contribution in [0, 0.1) is 12.3 Å². The Morgan fingerprint density at radius 2 is 2.00 bits per heavy atom. The molecule has 0 saturated heterocycles. The highest BCUT2D eigenvalue weighted by molar-refractivity contribution is 9.10. The molecule has 1 aromatic rings. The maximum atomic E-state index is 4.37. The summed E-state index contributed by atoms with van der Waals surface area (Å²) in [7, 11) is 1.98. The van der Waals surface area contributed by atoms with Gasteiger partial charge in [-0.1, -0.05) is 20.8 Å². The molecule has 0 aromatic carbocycles. The van der Waals surface area contributed by atoms with Crippen molar-refractivity contribution >= 4 is 15.9 Å². The van der Waals surface area contributed by atoms with Crippen LogP contribution in [0.4, 0.5) is 0 Å². The zero-order valence-corrected chi connectivity index (χ0v) is 12.5. The monoisotopic (exact) mass is 287 g/mol. The Bertz CT molecular complexity index is 350. The quantitative estimate of drug-likeness (QED) is 0.863. The van der Waals surface area contributed by atoms with Crippen LogP contribution in [0.3, 0.4) is 0 Å². The Hall–Kier alpha value is -0.350. The third kappa shape index (κ3) is 3.91. The largest absolute Gasteiger partial charge is 0.311 e. The van der Waals surface area contributed by atoms with Crippen molar-refractivity contribution in [2.75, 3.05) is 6.54 Å². The van der Waals surface area contributed by atoms with E-state index in [2.05, 4.69) is 47.1 Å². The van der Waals surface area contributed by atoms with Gasteiger partial charge in [0.1, 0.15) is 0 Å². The highest BCUT2D eigenvalue weighted by Crippen LogP contribution is 2.20. The minimum absolute atomic E-state index is 0.395. The van der Waals surface area contributed by atoms with E-state index in [-0.39, 0.29) is 0 Å². The molecule has 16 heavy (non-hydrogen) atoms. The van der Waals surface area contributed by atoms with Crippen molar-refractivity contribution in [2.45, 2.75) is 40.7 Å². The third-order valence-electron chi connectivity index (χ3n) is 2.61. The minimum Gasteiger partial charge on any atom is -0.311 e. The van der Waals surface area contributed by atoms with E-state index in [1.807, 2.05) is 18.7 Å². The maximum absolute atomic E-state index is 4.37. The summed E-state index contributed by atoms with van der Waals surface area (Å²) in [6.07, 6.45) is 1.18. The molecule has 0 saturated carbocycles. The SMILES string of the molecule is Cc1nn(C)c(CNCCC(C)(C)C)c1Br. The zero-order chi connectivity index (χ0) is 12.3. The Balaban J connectivity index is 2.43. The van der Waals surface area contributed by atoms with Crippen molar-refractivity contribution in [1.82, 2.24) is 15.1 Å². The van der Waals surface area contributed by atoms with E-state index in [1.165, 1.54) is 12.1 Å². The highest BCUT2D eigenvalue weighted by Gasteiger charge is 2.11. The molecule has 0 aliphatic heterocycles. The van der Waals surface area contributed by atoms with Crippen LogP contribution in [0.5, 0.6) is 0 Å². The number of hydrogen-bond donors (Lipinski definition) is 1. The number of nitrogens with one attached hydrogen (secondary N) is 1. The summed E-state index contributed by atoms with van der Waals surface area (Å²) < 4.78 is 3.06. The van der Waals surface area contributed by atoms with Crippen LogP contribution in [-0.2, 0) is 13.6 Å². The molecular formula is C12H22BrN3. The zero-order valence-electron chi connectivity index (χ0n) is 10.9. The van der Waals surface area contributed by atoms with E-state index in [0.29, 0.717) is 5.41 Å².